The van der Waals surface area contributed by atoms with E-state index in [1.165, 1.54) is 0 Å². The topological polar surface area (TPSA) is 52.0 Å². The number of rotatable bonds is 2. The molecule has 1 aromatic carbocycles. The standard InChI is InChI=1S/C11H12N2O/c1-2-8-5-9(3-4-11(8)12)10-6-13-14-7-10/h3-7H,2,12H2,1H3. The van der Waals surface area contributed by atoms with Gasteiger partial charge in [0.05, 0.1) is 6.20 Å². The summed E-state index contributed by atoms with van der Waals surface area (Å²) in [4.78, 5) is 0. The Bertz CT molecular complexity index is 421. The van der Waals surface area contributed by atoms with E-state index in [-0.39, 0.29) is 0 Å². The fraction of sp³-hybridized carbons (Fsp3) is 0.182. The molecule has 0 aliphatic heterocycles. The number of nitrogens with zero attached hydrogens (tertiary/aromatic N) is 1. The summed E-state index contributed by atoms with van der Waals surface area (Å²) in [6, 6.07) is 5.96. The number of aryl methyl sites for hydroxylation is 1. The molecule has 2 N–H and O–H groups in total. The Balaban J connectivity index is 2.46. The van der Waals surface area contributed by atoms with E-state index in [4.69, 9.17) is 10.3 Å². The third-order valence-electron chi connectivity index (χ3n) is 2.29. The lowest BCUT2D eigenvalue weighted by molar-refractivity contribution is 0.420. The first-order valence-electron chi connectivity index (χ1n) is 4.59. The molecule has 2 aromatic rings. The van der Waals surface area contributed by atoms with Crippen LogP contribution in [0.2, 0.25) is 0 Å². The van der Waals surface area contributed by atoms with Crippen molar-refractivity contribution in [2.75, 3.05) is 5.73 Å². The predicted molar refractivity (Wildman–Crippen MR) is 55.7 cm³/mol. The van der Waals surface area contributed by atoms with Gasteiger partial charge in [0.15, 0.2) is 0 Å². The molecule has 1 heterocycles. The van der Waals surface area contributed by atoms with Crippen LogP contribution in [0.15, 0.2) is 35.2 Å². The maximum atomic E-state index is 5.81. The highest BCUT2D eigenvalue weighted by Crippen LogP contribution is 2.23. The first kappa shape index (κ1) is 8.81. The molecule has 3 heteroatoms. The second-order valence-electron chi connectivity index (χ2n) is 3.18. The minimum absolute atomic E-state index is 0.840. The van der Waals surface area contributed by atoms with Gasteiger partial charge in [-0.15, -0.1) is 0 Å². The summed E-state index contributed by atoms with van der Waals surface area (Å²) in [6.45, 7) is 2.09. The van der Waals surface area contributed by atoms with Gasteiger partial charge in [-0.25, -0.2) is 0 Å². The van der Waals surface area contributed by atoms with Gasteiger partial charge in [0.1, 0.15) is 6.26 Å². The quantitative estimate of drug-likeness (QED) is 0.736. The smallest absolute Gasteiger partial charge is 0.131 e. The molecule has 0 aliphatic carbocycles. The average molecular weight is 188 g/mol. The van der Waals surface area contributed by atoms with Crippen LogP contribution in [0, 0.1) is 0 Å². The number of nitrogens with two attached hydrogens (primary N) is 1. The summed E-state index contributed by atoms with van der Waals surface area (Å²) < 4.78 is 4.79. The molecule has 0 saturated carbocycles. The van der Waals surface area contributed by atoms with Crippen molar-refractivity contribution in [1.29, 1.82) is 0 Å². The molecular weight excluding hydrogens is 176 g/mol. The molecule has 3 nitrogen and oxygen atoms in total. The van der Waals surface area contributed by atoms with Gasteiger partial charge in [-0.05, 0) is 29.7 Å². The van der Waals surface area contributed by atoms with Gasteiger partial charge in [-0.2, -0.15) is 0 Å². The fourth-order valence-corrected chi connectivity index (χ4v) is 1.44. The van der Waals surface area contributed by atoms with Crippen LogP contribution >= 0.6 is 0 Å². The van der Waals surface area contributed by atoms with Crippen LogP contribution in [0.5, 0.6) is 0 Å². The maximum Gasteiger partial charge on any atom is 0.131 e. The molecule has 0 atom stereocenters. The van der Waals surface area contributed by atoms with Crippen molar-refractivity contribution in [3.63, 3.8) is 0 Å². The van der Waals surface area contributed by atoms with E-state index >= 15 is 0 Å². The molecule has 0 amide bonds. The van der Waals surface area contributed by atoms with E-state index in [1.807, 2.05) is 12.1 Å². The summed E-state index contributed by atoms with van der Waals surface area (Å²) in [7, 11) is 0. The lowest BCUT2D eigenvalue weighted by atomic mass is 10.0. The van der Waals surface area contributed by atoms with Gasteiger partial charge in [0.25, 0.3) is 0 Å². The lowest BCUT2D eigenvalue weighted by Crippen LogP contribution is -1.92. The van der Waals surface area contributed by atoms with Gasteiger partial charge in [0.2, 0.25) is 0 Å². The zero-order valence-electron chi connectivity index (χ0n) is 8.03. The number of hydrogen-bond acceptors (Lipinski definition) is 3. The van der Waals surface area contributed by atoms with Crippen LogP contribution in [0.3, 0.4) is 0 Å². The third kappa shape index (κ3) is 1.48. The Morgan fingerprint density at radius 3 is 2.86 bits per heavy atom. The van der Waals surface area contributed by atoms with Crippen molar-refractivity contribution in [3.8, 4) is 11.1 Å². The molecule has 2 rings (SSSR count). The van der Waals surface area contributed by atoms with Gasteiger partial charge in [0, 0.05) is 11.3 Å². The van der Waals surface area contributed by atoms with Crippen molar-refractivity contribution < 1.29 is 4.52 Å². The Labute approximate surface area is 82.5 Å². The van der Waals surface area contributed by atoms with E-state index in [2.05, 4.69) is 18.1 Å². The van der Waals surface area contributed by atoms with Crippen molar-refractivity contribution in [1.82, 2.24) is 5.16 Å². The molecule has 72 valence electrons. The normalized spacial score (nSPS) is 10.4. The van der Waals surface area contributed by atoms with Gasteiger partial charge < -0.3 is 10.3 Å². The first-order chi connectivity index (χ1) is 6.81. The number of benzene rings is 1. The summed E-state index contributed by atoms with van der Waals surface area (Å²) in [5.41, 5.74) is 9.89. The van der Waals surface area contributed by atoms with Crippen LogP contribution in [-0.4, -0.2) is 5.16 Å². The molecule has 0 bridgehead atoms. The molecule has 0 saturated heterocycles. The molecule has 0 aliphatic rings. The Kier molecular flexibility index (Phi) is 2.23. The summed E-state index contributed by atoms with van der Waals surface area (Å²) >= 11 is 0. The summed E-state index contributed by atoms with van der Waals surface area (Å²) in [5.74, 6) is 0. The van der Waals surface area contributed by atoms with Crippen LogP contribution in [0.4, 0.5) is 5.69 Å². The van der Waals surface area contributed by atoms with Crippen molar-refractivity contribution in [2.24, 2.45) is 0 Å². The molecule has 14 heavy (non-hydrogen) atoms. The third-order valence-corrected chi connectivity index (χ3v) is 2.29. The monoisotopic (exact) mass is 188 g/mol. The molecule has 0 unspecified atom stereocenters. The number of aromatic nitrogens is 1. The van der Waals surface area contributed by atoms with E-state index in [0.717, 1.165) is 28.8 Å². The zero-order chi connectivity index (χ0) is 9.97. The molecular formula is C11H12N2O. The number of hydrogen-bond donors (Lipinski definition) is 1. The van der Waals surface area contributed by atoms with E-state index in [0.29, 0.717) is 0 Å². The highest BCUT2D eigenvalue weighted by atomic mass is 16.5. The maximum absolute atomic E-state index is 5.81. The summed E-state index contributed by atoms with van der Waals surface area (Å²) in [5, 5.41) is 3.67. The zero-order valence-corrected chi connectivity index (χ0v) is 8.03. The van der Waals surface area contributed by atoms with Gasteiger partial charge in [-0.3, -0.25) is 0 Å². The fourth-order valence-electron chi connectivity index (χ4n) is 1.44. The van der Waals surface area contributed by atoms with Gasteiger partial charge in [-0.1, -0.05) is 18.1 Å². The highest BCUT2D eigenvalue weighted by molar-refractivity contribution is 5.66. The van der Waals surface area contributed by atoms with E-state index in [9.17, 15) is 0 Å². The van der Waals surface area contributed by atoms with Crippen molar-refractivity contribution in [2.45, 2.75) is 13.3 Å². The van der Waals surface area contributed by atoms with Crippen LogP contribution in [0.25, 0.3) is 11.1 Å². The number of nitrogen functional groups attached to an aromatic ring is 1. The minimum atomic E-state index is 0.840. The first-order valence-corrected chi connectivity index (χ1v) is 4.59. The van der Waals surface area contributed by atoms with E-state index < -0.39 is 0 Å². The Hall–Kier alpha value is -1.77. The largest absolute Gasteiger partial charge is 0.399 e. The molecule has 0 radical (unpaired) electrons. The SMILES string of the molecule is CCc1cc(-c2cnoc2)ccc1N. The number of anilines is 1. The Morgan fingerprint density at radius 1 is 1.36 bits per heavy atom. The summed E-state index contributed by atoms with van der Waals surface area (Å²) in [6.07, 6.45) is 4.26. The van der Waals surface area contributed by atoms with Crippen LogP contribution in [0.1, 0.15) is 12.5 Å². The van der Waals surface area contributed by atoms with E-state index in [1.54, 1.807) is 12.5 Å². The van der Waals surface area contributed by atoms with Crippen LogP contribution < -0.4 is 5.73 Å². The van der Waals surface area contributed by atoms with Gasteiger partial charge >= 0.3 is 0 Å². The molecule has 1 aromatic heterocycles. The highest BCUT2D eigenvalue weighted by Gasteiger charge is 2.03. The minimum Gasteiger partial charge on any atom is -0.399 e. The van der Waals surface area contributed by atoms with Crippen LogP contribution in [-0.2, 0) is 6.42 Å². The Morgan fingerprint density at radius 2 is 2.21 bits per heavy atom. The second-order valence-corrected chi connectivity index (χ2v) is 3.18. The molecule has 0 fully saturated rings. The second kappa shape index (κ2) is 3.54. The lowest BCUT2D eigenvalue weighted by Gasteiger charge is -2.04. The van der Waals surface area contributed by atoms with Crippen molar-refractivity contribution >= 4 is 5.69 Å². The molecule has 0 spiro atoms. The average Bonchev–Trinajstić information content (AvgIpc) is 2.71. The van der Waals surface area contributed by atoms with Crippen molar-refractivity contribution in [3.05, 3.63) is 36.2 Å². The predicted octanol–water partition coefficient (Wildman–Crippen LogP) is 2.49.